The van der Waals surface area contributed by atoms with E-state index in [4.69, 9.17) is 4.74 Å². The fourth-order valence-corrected chi connectivity index (χ4v) is 3.70. The molecular weight excluding hydrogens is 458 g/mol. The summed E-state index contributed by atoms with van der Waals surface area (Å²) in [6, 6.07) is 15.6. The summed E-state index contributed by atoms with van der Waals surface area (Å²) >= 11 is 3.47. The Morgan fingerprint density at radius 3 is 2.55 bits per heavy atom. The Hall–Kier alpha value is -3.20. The molecule has 1 fully saturated rings. The van der Waals surface area contributed by atoms with Crippen molar-refractivity contribution >= 4 is 45.7 Å². The Bertz CT molecular complexity index is 1040. The van der Waals surface area contributed by atoms with Crippen molar-refractivity contribution in [2.24, 2.45) is 5.10 Å². The fraction of sp³-hybridized carbons (Fsp3) is 0.273. The lowest BCUT2D eigenvalue weighted by molar-refractivity contribution is 0.414. The maximum atomic E-state index is 5.39. The van der Waals surface area contributed by atoms with Gasteiger partial charge in [-0.3, -0.25) is 0 Å². The normalized spacial score (nSPS) is 13.9. The number of ether oxygens (including phenoxy) is 1. The molecule has 1 saturated heterocycles. The Labute approximate surface area is 189 Å². The second kappa shape index (κ2) is 10.2. The van der Waals surface area contributed by atoms with Crippen LogP contribution in [-0.4, -0.2) is 41.4 Å². The van der Waals surface area contributed by atoms with Crippen molar-refractivity contribution in [1.29, 1.82) is 0 Å². The number of anilines is 4. The number of nitrogens with one attached hydrogen (secondary N) is 2. The van der Waals surface area contributed by atoms with Gasteiger partial charge in [0.25, 0.3) is 0 Å². The Morgan fingerprint density at radius 1 is 1.00 bits per heavy atom. The van der Waals surface area contributed by atoms with Gasteiger partial charge in [-0.2, -0.15) is 20.1 Å². The van der Waals surface area contributed by atoms with Crippen molar-refractivity contribution in [2.75, 3.05) is 35.8 Å². The van der Waals surface area contributed by atoms with Crippen LogP contribution in [0, 0.1) is 0 Å². The van der Waals surface area contributed by atoms with Gasteiger partial charge in [-0.25, -0.2) is 5.43 Å². The van der Waals surface area contributed by atoms with E-state index in [9.17, 15) is 0 Å². The number of hydrazone groups is 1. The van der Waals surface area contributed by atoms with E-state index in [0.29, 0.717) is 17.8 Å². The largest absolute Gasteiger partial charge is 0.496 e. The first kappa shape index (κ1) is 21.0. The molecule has 1 aliphatic heterocycles. The summed E-state index contributed by atoms with van der Waals surface area (Å²) in [5.41, 5.74) is 4.68. The molecule has 9 heteroatoms. The van der Waals surface area contributed by atoms with Gasteiger partial charge >= 0.3 is 0 Å². The van der Waals surface area contributed by atoms with E-state index in [-0.39, 0.29) is 0 Å². The number of nitrogens with zero attached hydrogens (tertiary/aromatic N) is 5. The molecule has 0 amide bonds. The molecule has 2 aromatic carbocycles. The average Bonchev–Trinajstić information content (AvgIpc) is 2.80. The van der Waals surface area contributed by atoms with Crippen LogP contribution in [0.5, 0.6) is 5.75 Å². The lowest BCUT2D eigenvalue weighted by Crippen LogP contribution is -2.31. The van der Waals surface area contributed by atoms with Crippen molar-refractivity contribution in [3.8, 4) is 5.75 Å². The molecule has 0 radical (unpaired) electrons. The molecular formula is C22H24BrN7O. The number of hydrogen-bond donors (Lipinski definition) is 2. The van der Waals surface area contributed by atoms with Gasteiger partial charge in [0.05, 0.1) is 13.3 Å². The summed E-state index contributed by atoms with van der Waals surface area (Å²) in [4.78, 5) is 15.9. The van der Waals surface area contributed by atoms with Crippen LogP contribution in [0.15, 0.2) is 58.1 Å². The number of rotatable bonds is 7. The van der Waals surface area contributed by atoms with Gasteiger partial charge in [0, 0.05) is 28.8 Å². The van der Waals surface area contributed by atoms with Crippen molar-refractivity contribution in [3.05, 3.63) is 58.6 Å². The highest BCUT2D eigenvalue weighted by Gasteiger charge is 2.16. The first-order chi connectivity index (χ1) is 15.2. The number of benzene rings is 2. The summed E-state index contributed by atoms with van der Waals surface area (Å²) in [5, 5.41) is 7.57. The third-order valence-corrected chi connectivity index (χ3v) is 5.35. The first-order valence-corrected chi connectivity index (χ1v) is 11.0. The predicted octanol–water partition coefficient (Wildman–Crippen LogP) is 4.82. The summed E-state index contributed by atoms with van der Waals surface area (Å²) in [5.74, 6) is 2.22. The smallest absolute Gasteiger partial charge is 0.250 e. The van der Waals surface area contributed by atoms with Crippen LogP contribution in [0.1, 0.15) is 24.8 Å². The fourth-order valence-electron chi connectivity index (χ4n) is 3.32. The van der Waals surface area contributed by atoms with Gasteiger partial charge in [0.2, 0.25) is 17.8 Å². The maximum absolute atomic E-state index is 5.39. The van der Waals surface area contributed by atoms with E-state index in [1.165, 1.54) is 6.42 Å². The van der Waals surface area contributed by atoms with Gasteiger partial charge in [0.15, 0.2) is 0 Å². The highest BCUT2D eigenvalue weighted by atomic mass is 79.9. The second-order valence-corrected chi connectivity index (χ2v) is 7.99. The van der Waals surface area contributed by atoms with Gasteiger partial charge in [0.1, 0.15) is 5.75 Å². The van der Waals surface area contributed by atoms with E-state index in [1.54, 1.807) is 13.3 Å². The minimum Gasteiger partial charge on any atom is -0.496 e. The minimum absolute atomic E-state index is 0.374. The minimum atomic E-state index is 0.374. The number of hydrogen-bond acceptors (Lipinski definition) is 8. The molecule has 1 aromatic heterocycles. The zero-order valence-electron chi connectivity index (χ0n) is 17.3. The molecule has 31 heavy (non-hydrogen) atoms. The molecule has 0 aliphatic carbocycles. The summed E-state index contributed by atoms with van der Waals surface area (Å²) in [6.45, 7) is 1.87. The third-order valence-electron chi connectivity index (χ3n) is 4.85. The van der Waals surface area contributed by atoms with Crippen LogP contribution in [0.4, 0.5) is 23.5 Å². The second-order valence-electron chi connectivity index (χ2n) is 7.08. The summed E-state index contributed by atoms with van der Waals surface area (Å²) < 4.78 is 6.33. The third kappa shape index (κ3) is 5.69. The molecule has 2 N–H and O–H groups in total. The van der Waals surface area contributed by atoms with Crippen LogP contribution in [0.2, 0.25) is 0 Å². The van der Waals surface area contributed by atoms with Crippen molar-refractivity contribution < 1.29 is 4.74 Å². The molecule has 1 aliphatic rings. The maximum Gasteiger partial charge on any atom is 0.250 e. The molecule has 8 nitrogen and oxygen atoms in total. The van der Waals surface area contributed by atoms with E-state index in [1.807, 2.05) is 48.5 Å². The predicted molar refractivity (Wildman–Crippen MR) is 128 cm³/mol. The van der Waals surface area contributed by atoms with Crippen LogP contribution >= 0.6 is 15.9 Å². The number of methoxy groups -OCH3 is 1. The molecule has 4 rings (SSSR count). The van der Waals surface area contributed by atoms with Gasteiger partial charge in [-0.1, -0.05) is 34.1 Å². The van der Waals surface area contributed by atoms with Gasteiger partial charge in [-0.05, 0) is 49.6 Å². The molecule has 3 aromatic rings. The zero-order chi connectivity index (χ0) is 21.5. The van der Waals surface area contributed by atoms with Gasteiger partial charge < -0.3 is 15.0 Å². The quantitative estimate of drug-likeness (QED) is 0.369. The Kier molecular flexibility index (Phi) is 6.93. The standard InChI is InChI=1S/C22H24BrN7O/c1-31-19-11-10-17(23)14-16(19)15-24-29-21-26-20(25-18-8-4-2-5-9-18)27-22(28-21)30-12-6-3-7-13-30/h2,4-5,8-11,14-15H,3,6-7,12-13H2,1H3,(H2,25,26,27,28,29). The highest BCUT2D eigenvalue weighted by molar-refractivity contribution is 9.10. The van der Waals surface area contributed by atoms with Crippen LogP contribution in [0.3, 0.4) is 0 Å². The van der Waals surface area contributed by atoms with E-state index in [0.717, 1.165) is 47.4 Å². The Balaban J connectivity index is 1.58. The van der Waals surface area contributed by atoms with Crippen LogP contribution < -0.4 is 20.4 Å². The molecule has 160 valence electrons. The summed E-state index contributed by atoms with van der Waals surface area (Å²) in [7, 11) is 1.63. The number of piperidine rings is 1. The van der Waals surface area contributed by atoms with Crippen molar-refractivity contribution in [1.82, 2.24) is 15.0 Å². The highest BCUT2D eigenvalue weighted by Crippen LogP contribution is 2.22. The molecule has 0 bridgehead atoms. The summed E-state index contributed by atoms with van der Waals surface area (Å²) in [6.07, 6.45) is 5.19. The number of para-hydroxylation sites is 1. The molecule has 0 atom stereocenters. The Morgan fingerprint density at radius 2 is 1.77 bits per heavy atom. The zero-order valence-corrected chi connectivity index (χ0v) is 18.8. The van der Waals surface area contributed by atoms with Crippen molar-refractivity contribution in [2.45, 2.75) is 19.3 Å². The molecule has 0 saturated carbocycles. The number of halogens is 1. The average molecular weight is 482 g/mol. The molecule has 0 spiro atoms. The monoisotopic (exact) mass is 481 g/mol. The lowest BCUT2D eigenvalue weighted by atomic mass is 10.1. The number of aromatic nitrogens is 3. The van der Waals surface area contributed by atoms with E-state index in [2.05, 4.69) is 51.6 Å². The van der Waals surface area contributed by atoms with E-state index < -0.39 is 0 Å². The molecule has 2 heterocycles. The van der Waals surface area contributed by atoms with Crippen LogP contribution in [0.25, 0.3) is 0 Å². The van der Waals surface area contributed by atoms with Crippen molar-refractivity contribution in [3.63, 3.8) is 0 Å². The first-order valence-electron chi connectivity index (χ1n) is 10.2. The van der Waals surface area contributed by atoms with Gasteiger partial charge in [-0.15, -0.1) is 0 Å². The topological polar surface area (TPSA) is 87.6 Å². The lowest BCUT2D eigenvalue weighted by Gasteiger charge is -2.26. The van der Waals surface area contributed by atoms with E-state index >= 15 is 0 Å². The molecule has 0 unspecified atom stereocenters. The van der Waals surface area contributed by atoms with Crippen LogP contribution in [-0.2, 0) is 0 Å². The SMILES string of the molecule is COc1ccc(Br)cc1C=NNc1nc(Nc2ccccc2)nc(N2CCCCC2)n1.